The van der Waals surface area contributed by atoms with Crippen LogP contribution in [0.25, 0.3) is 5.57 Å². The molecule has 5 nitrogen and oxygen atoms in total. The lowest BCUT2D eigenvalue weighted by atomic mass is 9.81. The summed E-state index contributed by atoms with van der Waals surface area (Å²) >= 11 is 1.33. The molecule has 3 aliphatic rings. The molecule has 0 saturated heterocycles. The minimum Gasteiger partial charge on any atom is -0.477 e. The first-order valence-corrected chi connectivity index (χ1v) is 13.3. The van der Waals surface area contributed by atoms with E-state index >= 15 is 0 Å². The van der Waals surface area contributed by atoms with Crippen molar-refractivity contribution < 1.29 is 19.8 Å². The van der Waals surface area contributed by atoms with Crippen LogP contribution in [0.4, 0.5) is 5.69 Å². The van der Waals surface area contributed by atoms with Gasteiger partial charge in [0.15, 0.2) is 0 Å². The number of aromatic carboxylic acids is 1. The topological polar surface area (TPSA) is 77.8 Å². The number of rotatable bonds is 5. The van der Waals surface area contributed by atoms with Gasteiger partial charge in [0.25, 0.3) is 0 Å². The Hall–Kier alpha value is -1.66. The summed E-state index contributed by atoms with van der Waals surface area (Å²) in [5.41, 5.74) is 1.83. The van der Waals surface area contributed by atoms with Crippen molar-refractivity contribution in [1.29, 1.82) is 0 Å². The van der Waals surface area contributed by atoms with E-state index in [0.29, 0.717) is 24.4 Å². The minimum atomic E-state index is -0.948. The molecule has 6 heteroatoms. The van der Waals surface area contributed by atoms with E-state index in [9.17, 15) is 19.8 Å². The molecule has 1 aromatic rings. The van der Waals surface area contributed by atoms with Crippen LogP contribution in [0, 0.1) is 11.8 Å². The van der Waals surface area contributed by atoms with E-state index in [-0.39, 0.29) is 28.8 Å². The smallest absolute Gasteiger partial charge is 0.348 e. The zero-order valence-corrected chi connectivity index (χ0v) is 20.0. The number of allylic oxidation sites excluding steroid dienone is 2. The fourth-order valence-corrected chi connectivity index (χ4v) is 6.68. The third-order valence-electron chi connectivity index (χ3n) is 7.66. The van der Waals surface area contributed by atoms with Crippen LogP contribution in [0.15, 0.2) is 12.1 Å². The van der Waals surface area contributed by atoms with Crippen LogP contribution in [0.3, 0.4) is 0 Å². The maximum Gasteiger partial charge on any atom is 0.348 e. The molecule has 0 radical (unpaired) electrons. The van der Waals surface area contributed by atoms with Gasteiger partial charge in [-0.2, -0.15) is 0 Å². The Labute approximate surface area is 195 Å². The highest BCUT2D eigenvalue weighted by Gasteiger charge is 2.37. The quantitative estimate of drug-likeness (QED) is 0.545. The third-order valence-corrected chi connectivity index (χ3v) is 8.85. The van der Waals surface area contributed by atoms with Crippen LogP contribution in [-0.4, -0.2) is 34.2 Å². The van der Waals surface area contributed by atoms with Crippen LogP contribution < -0.4 is 4.90 Å². The molecule has 1 aromatic heterocycles. The molecule has 3 aliphatic carbocycles. The second kappa shape index (κ2) is 10.5. The molecule has 0 aliphatic heterocycles. The number of thiophene rings is 1. The standard InChI is InChI=1S/C26H37NO4S/c1-17-8-10-19(11-9-17)25(29)27(20-12-14-21(28)15-13-20)22-16-23(32-24(22)26(30)31)18-6-4-2-3-5-7-18/h6,16-17,19-21,28H,2-5,7-15H2,1H3,(H,30,31)/t17-,19-,20-,21-. The highest BCUT2D eigenvalue weighted by Crippen LogP contribution is 2.41. The fourth-order valence-electron chi connectivity index (χ4n) is 5.63. The van der Waals surface area contributed by atoms with Crippen molar-refractivity contribution in [2.45, 2.75) is 103 Å². The van der Waals surface area contributed by atoms with Crippen molar-refractivity contribution in [3.8, 4) is 0 Å². The Morgan fingerprint density at radius 2 is 1.72 bits per heavy atom. The van der Waals surface area contributed by atoms with Gasteiger partial charge in [0.1, 0.15) is 4.88 Å². The molecule has 2 saturated carbocycles. The lowest BCUT2D eigenvalue weighted by Crippen LogP contribution is -2.47. The number of carboxylic acid groups (broad SMARTS) is 1. The highest BCUT2D eigenvalue weighted by molar-refractivity contribution is 7.15. The van der Waals surface area contributed by atoms with Gasteiger partial charge in [0.2, 0.25) is 5.91 Å². The van der Waals surface area contributed by atoms with E-state index < -0.39 is 5.97 Å². The molecule has 32 heavy (non-hydrogen) atoms. The summed E-state index contributed by atoms with van der Waals surface area (Å²) in [6.07, 6.45) is 14.2. The van der Waals surface area contributed by atoms with Crippen LogP contribution in [0.5, 0.6) is 0 Å². The molecule has 1 amide bonds. The fraction of sp³-hybridized carbons (Fsp3) is 0.692. The number of aliphatic hydroxyl groups excluding tert-OH is 1. The maximum absolute atomic E-state index is 13.9. The number of amides is 1. The molecule has 0 spiro atoms. The van der Waals surface area contributed by atoms with Crippen LogP contribution in [0.1, 0.15) is 105 Å². The molecule has 0 aromatic carbocycles. The van der Waals surface area contributed by atoms with E-state index in [1.54, 1.807) is 0 Å². The van der Waals surface area contributed by atoms with E-state index in [2.05, 4.69) is 13.0 Å². The van der Waals surface area contributed by atoms with Crippen LogP contribution in [0.2, 0.25) is 0 Å². The predicted octanol–water partition coefficient (Wildman–Crippen LogP) is 6.26. The van der Waals surface area contributed by atoms with E-state index in [1.165, 1.54) is 29.8 Å². The molecule has 176 valence electrons. The van der Waals surface area contributed by atoms with Gasteiger partial charge in [-0.25, -0.2) is 4.79 Å². The van der Waals surface area contributed by atoms with Crippen molar-refractivity contribution in [2.75, 3.05) is 4.90 Å². The van der Waals surface area contributed by atoms with Gasteiger partial charge in [0.05, 0.1) is 11.8 Å². The van der Waals surface area contributed by atoms with Gasteiger partial charge >= 0.3 is 5.97 Å². The normalized spacial score (nSPS) is 29.1. The molecular formula is C26H37NO4S. The predicted molar refractivity (Wildman–Crippen MR) is 129 cm³/mol. The summed E-state index contributed by atoms with van der Waals surface area (Å²) in [6.45, 7) is 2.25. The van der Waals surface area contributed by atoms with Crippen molar-refractivity contribution in [3.05, 3.63) is 21.9 Å². The molecule has 0 bridgehead atoms. The minimum absolute atomic E-state index is 0.0276. The van der Waals surface area contributed by atoms with Crippen LogP contribution in [-0.2, 0) is 4.79 Å². The highest BCUT2D eigenvalue weighted by atomic mass is 32.1. The van der Waals surface area contributed by atoms with E-state index in [1.807, 2.05) is 11.0 Å². The SMILES string of the molecule is C[C@H]1CC[C@H](C(=O)N(c2cc(C3=CCCCCC3)sc2C(=O)O)[C@H]2CC[C@H](O)CC2)CC1. The Morgan fingerprint density at radius 1 is 1.00 bits per heavy atom. The first-order valence-electron chi connectivity index (χ1n) is 12.5. The monoisotopic (exact) mass is 459 g/mol. The number of anilines is 1. The Bertz CT molecular complexity index is 844. The lowest BCUT2D eigenvalue weighted by Gasteiger charge is -2.38. The van der Waals surface area contributed by atoms with Crippen molar-refractivity contribution >= 4 is 34.5 Å². The first-order chi connectivity index (χ1) is 15.4. The van der Waals surface area contributed by atoms with Crippen LogP contribution >= 0.6 is 11.3 Å². The van der Waals surface area contributed by atoms with Gasteiger partial charge in [-0.05, 0) is 94.6 Å². The number of carbonyl (C=O) groups is 2. The second-order valence-electron chi connectivity index (χ2n) is 10.1. The largest absolute Gasteiger partial charge is 0.477 e. The van der Waals surface area contributed by atoms with Gasteiger partial charge < -0.3 is 15.1 Å². The summed E-state index contributed by atoms with van der Waals surface area (Å²) in [6, 6.07) is 1.95. The molecule has 2 fully saturated rings. The van der Waals surface area contributed by atoms with E-state index in [4.69, 9.17) is 0 Å². The van der Waals surface area contributed by atoms with E-state index in [0.717, 1.165) is 62.7 Å². The second-order valence-corrected chi connectivity index (χ2v) is 11.1. The summed E-state index contributed by atoms with van der Waals surface area (Å²) in [7, 11) is 0. The molecule has 0 unspecified atom stereocenters. The summed E-state index contributed by atoms with van der Waals surface area (Å²) in [5.74, 6) is -0.224. The zero-order chi connectivity index (χ0) is 22.7. The van der Waals surface area contributed by atoms with Gasteiger partial charge in [-0.3, -0.25) is 4.79 Å². The first kappa shape index (κ1) is 23.5. The number of hydrogen-bond acceptors (Lipinski definition) is 4. The molecular weight excluding hydrogens is 422 g/mol. The van der Waals surface area contributed by atoms with Crippen molar-refractivity contribution in [1.82, 2.24) is 0 Å². The van der Waals surface area contributed by atoms with Gasteiger partial charge in [-0.1, -0.05) is 19.4 Å². The molecule has 1 heterocycles. The average molecular weight is 460 g/mol. The Morgan fingerprint density at radius 3 is 2.41 bits per heavy atom. The van der Waals surface area contributed by atoms with Gasteiger partial charge in [-0.15, -0.1) is 11.3 Å². The lowest BCUT2D eigenvalue weighted by molar-refractivity contribution is -0.124. The summed E-state index contributed by atoms with van der Waals surface area (Å²) in [4.78, 5) is 29.3. The number of carbonyl (C=O) groups excluding carboxylic acids is 1. The number of hydrogen-bond donors (Lipinski definition) is 2. The van der Waals surface area contributed by atoms with Crippen molar-refractivity contribution in [3.63, 3.8) is 0 Å². The maximum atomic E-state index is 13.9. The Kier molecular flexibility index (Phi) is 7.72. The number of aliphatic hydroxyl groups is 1. The summed E-state index contributed by atoms with van der Waals surface area (Å²) < 4.78 is 0. The Balaban J connectivity index is 1.70. The molecule has 0 atom stereocenters. The summed E-state index contributed by atoms with van der Waals surface area (Å²) in [5, 5.41) is 20.1. The van der Waals surface area contributed by atoms with Gasteiger partial charge in [0, 0.05) is 16.8 Å². The number of nitrogens with zero attached hydrogens (tertiary/aromatic N) is 1. The third kappa shape index (κ3) is 5.28. The van der Waals surface area contributed by atoms with Crippen molar-refractivity contribution in [2.24, 2.45) is 11.8 Å². The zero-order valence-electron chi connectivity index (χ0n) is 19.2. The number of carboxylic acids is 1. The molecule has 2 N–H and O–H groups in total. The average Bonchev–Trinajstić information content (AvgIpc) is 3.03. The molecule has 4 rings (SSSR count).